The number of benzene rings is 1. The summed E-state index contributed by atoms with van der Waals surface area (Å²) in [5.74, 6) is 1.04. The number of hydrogen-bond acceptors (Lipinski definition) is 5. The quantitative estimate of drug-likeness (QED) is 0.717. The maximum atomic E-state index is 12.4. The topological polar surface area (TPSA) is 60.5 Å². The van der Waals surface area contributed by atoms with Crippen LogP contribution in [0.25, 0.3) is 0 Å². The first-order valence-corrected chi connectivity index (χ1v) is 8.60. The van der Waals surface area contributed by atoms with Gasteiger partial charge < -0.3 is 14.8 Å². The van der Waals surface area contributed by atoms with E-state index in [2.05, 4.69) is 10.3 Å². The van der Waals surface area contributed by atoms with Crippen molar-refractivity contribution in [1.29, 1.82) is 0 Å². The normalized spacial score (nSPS) is 10.3. The van der Waals surface area contributed by atoms with Crippen LogP contribution in [-0.2, 0) is 6.61 Å². The zero-order chi connectivity index (χ0) is 17.6. The van der Waals surface area contributed by atoms with Gasteiger partial charge in [-0.25, -0.2) is 0 Å². The molecule has 6 heteroatoms. The molecule has 0 saturated carbocycles. The van der Waals surface area contributed by atoms with Crippen LogP contribution >= 0.6 is 11.3 Å². The molecule has 25 heavy (non-hydrogen) atoms. The smallest absolute Gasteiger partial charge is 0.265 e. The van der Waals surface area contributed by atoms with Gasteiger partial charge in [0.1, 0.15) is 6.61 Å². The van der Waals surface area contributed by atoms with E-state index in [0.29, 0.717) is 28.7 Å². The first-order chi connectivity index (χ1) is 12.2. The Balaban J connectivity index is 1.75. The van der Waals surface area contributed by atoms with Crippen LogP contribution in [0, 0.1) is 6.92 Å². The maximum absolute atomic E-state index is 12.4. The lowest BCUT2D eigenvalue weighted by Crippen LogP contribution is -2.11. The summed E-state index contributed by atoms with van der Waals surface area (Å²) in [4.78, 5) is 17.1. The lowest BCUT2D eigenvalue weighted by atomic mass is 10.2. The van der Waals surface area contributed by atoms with Gasteiger partial charge in [0.05, 0.1) is 12.0 Å². The third kappa shape index (κ3) is 4.16. The predicted octanol–water partition coefficient (Wildman–Crippen LogP) is 4.29. The minimum atomic E-state index is -0.129. The number of nitrogens with one attached hydrogen (secondary N) is 1. The zero-order valence-corrected chi connectivity index (χ0v) is 14.8. The molecule has 3 aromatic rings. The monoisotopic (exact) mass is 354 g/mol. The molecule has 1 amide bonds. The number of aromatic nitrogens is 1. The van der Waals surface area contributed by atoms with Crippen LogP contribution in [0.2, 0.25) is 0 Å². The van der Waals surface area contributed by atoms with Crippen molar-refractivity contribution in [3.8, 4) is 11.5 Å². The predicted molar refractivity (Wildman–Crippen MR) is 98.6 cm³/mol. The highest BCUT2D eigenvalue weighted by molar-refractivity contribution is 7.12. The van der Waals surface area contributed by atoms with E-state index in [1.165, 1.54) is 11.3 Å². The average Bonchev–Trinajstić information content (AvgIpc) is 3.07. The number of ether oxygens (including phenoxy) is 2. The molecule has 0 spiro atoms. The van der Waals surface area contributed by atoms with Crippen LogP contribution in [0.5, 0.6) is 11.5 Å². The van der Waals surface area contributed by atoms with Crippen molar-refractivity contribution in [2.24, 2.45) is 0 Å². The van der Waals surface area contributed by atoms with Gasteiger partial charge in [0.15, 0.2) is 11.5 Å². The Kier molecular flexibility index (Phi) is 5.30. The number of anilines is 1. The van der Waals surface area contributed by atoms with Crippen LogP contribution < -0.4 is 14.8 Å². The van der Waals surface area contributed by atoms with Crippen LogP contribution in [0.3, 0.4) is 0 Å². The molecule has 0 aliphatic heterocycles. The number of amides is 1. The highest BCUT2D eigenvalue weighted by Gasteiger charge is 2.13. The second kappa shape index (κ2) is 7.81. The Morgan fingerprint density at radius 1 is 1.24 bits per heavy atom. The summed E-state index contributed by atoms with van der Waals surface area (Å²) in [6.45, 7) is 2.29. The molecular weight excluding hydrogens is 336 g/mol. The van der Waals surface area contributed by atoms with Crippen LogP contribution in [0.1, 0.15) is 20.8 Å². The van der Waals surface area contributed by atoms with Crippen molar-refractivity contribution >= 4 is 22.9 Å². The molecule has 2 aromatic heterocycles. The van der Waals surface area contributed by atoms with E-state index < -0.39 is 0 Å². The largest absolute Gasteiger partial charge is 0.493 e. The van der Waals surface area contributed by atoms with E-state index in [1.807, 2.05) is 30.5 Å². The number of pyridine rings is 1. The van der Waals surface area contributed by atoms with Crippen molar-refractivity contribution in [2.75, 3.05) is 12.4 Å². The fourth-order valence-corrected chi connectivity index (χ4v) is 3.13. The van der Waals surface area contributed by atoms with Gasteiger partial charge in [-0.1, -0.05) is 6.07 Å². The maximum Gasteiger partial charge on any atom is 0.265 e. The lowest BCUT2D eigenvalue weighted by molar-refractivity contribution is 0.103. The van der Waals surface area contributed by atoms with Crippen LogP contribution in [0.4, 0.5) is 5.69 Å². The fourth-order valence-electron chi connectivity index (χ4n) is 2.31. The minimum absolute atomic E-state index is 0.129. The molecule has 3 rings (SSSR count). The fraction of sp³-hybridized carbons (Fsp3) is 0.158. The number of carbonyl (C=O) groups is 1. The molecule has 0 atom stereocenters. The molecule has 0 fully saturated rings. The van der Waals surface area contributed by atoms with Crippen LogP contribution in [0.15, 0.2) is 54.2 Å². The van der Waals surface area contributed by atoms with Gasteiger partial charge in [0, 0.05) is 29.7 Å². The average molecular weight is 354 g/mol. The Labute approximate surface area is 150 Å². The summed E-state index contributed by atoms with van der Waals surface area (Å²) in [7, 11) is 1.58. The summed E-state index contributed by atoms with van der Waals surface area (Å²) in [5.41, 5.74) is 2.57. The number of hydrogen-bond donors (Lipinski definition) is 1. The number of carbonyl (C=O) groups excluding carboxylic acids is 1. The van der Waals surface area contributed by atoms with Crippen LogP contribution in [-0.4, -0.2) is 18.0 Å². The van der Waals surface area contributed by atoms with Crippen molar-refractivity contribution < 1.29 is 14.3 Å². The number of thiophene rings is 1. The molecule has 0 aliphatic rings. The lowest BCUT2D eigenvalue weighted by Gasteiger charge is -2.13. The van der Waals surface area contributed by atoms with Crippen molar-refractivity contribution in [3.63, 3.8) is 0 Å². The number of aryl methyl sites for hydroxylation is 1. The summed E-state index contributed by atoms with van der Waals surface area (Å²) in [6, 6.07) is 11.0. The van der Waals surface area contributed by atoms with Crippen molar-refractivity contribution in [1.82, 2.24) is 4.98 Å². The Bertz CT molecular complexity index is 862. The number of rotatable bonds is 6. The van der Waals surface area contributed by atoms with Gasteiger partial charge in [-0.3, -0.25) is 9.78 Å². The molecule has 1 aromatic carbocycles. The summed E-state index contributed by atoms with van der Waals surface area (Å²) < 4.78 is 11.2. The van der Waals surface area contributed by atoms with Gasteiger partial charge in [-0.2, -0.15) is 0 Å². The number of nitrogens with zero attached hydrogens (tertiary/aromatic N) is 1. The molecule has 1 N–H and O–H groups in total. The molecule has 128 valence electrons. The summed E-state index contributed by atoms with van der Waals surface area (Å²) in [5, 5.41) is 4.80. The summed E-state index contributed by atoms with van der Waals surface area (Å²) in [6.07, 6.45) is 3.46. The standard InChI is InChI=1S/C19H18N2O3S/c1-13-7-9-25-18(13)19(22)21-15-5-6-16(23-2)17(10-15)24-12-14-4-3-8-20-11-14/h3-11H,12H2,1-2H3,(H,21,22). The van der Waals surface area contributed by atoms with E-state index in [0.717, 1.165) is 11.1 Å². The van der Waals surface area contributed by atoms with Gasteiger partial charge in [-0.15, -0.1) is 11.3 Å². The molecule has 0 aliphatic carbocycles. The Hall–Kier alpha value is -2.86. The molecule has 0 unspecified atom stereocenters. The Morgan fingerprint density at radius 2 is 2.12 bits per heavy atom. The highest BCUT2D eigenvalue weighted by atomic mass is 32.1. The molecular formula is C19H18N2O3S. The van der Waals surface area contributed by atoms with Crippen molar-refractivity contribution in [3.05, 3.63) is 70.2 Å². The van der Waals surface area contributed by atoms with Gasteiger partial charge >= 0.3 is 0 Å². The minimum Gasteiger partial charge on any atom is -0.493 e. The first-order valence-electron chi connectivity index (χ1n) is 7.72. The molecule has 2 heterocycles. The van der Waals surface area contributed by atoms with Gasteiger partial charge in [-0.05, 0) is 42.1 Å². The van der Waals surface area contributed by atoms with E-state index >= 15 is 0 Å². The zero-order valence-electron chi connectivity index (χ0n) is 14.0. The second-order valence-electron chi connectivity index (χ2n) is 5.40. The molecule has 0 radical (unpaired) electrons. The molecule has 5 nitrogen and oxygen atoms in total. The third-order valence-electron chi connectivity index (χ3n) is 3.61. The van der Waals surface area contributed by atoms with Gasteiger partial charge in [0.25, 0.3) is 5.91 Å². The molecule has 0 bridgehead atoms. The van der Waals surface area contributed by atoms with Crippen molar-refractivity contribution in [2.45, 2.75) is 13.5 Å². The SMILES string of the molecule is COc1ccc(NC(=O)c2sccc2C)cc1OCc1cccnc1. The second-order valence-corrected chi connectivity index (χ2v) is 6.32. The number of methoxy groups -OCH3 is 1. The first kappa shape index (κ1) is 17.0. The van der Waals surface area contributed by atoms with E-state index in [1.54, 1.807) is 37.7 Å². The third-order valence-corrected chi connectivity index (χ3v) is 4.62. The van der Waals surface area contributed by atoms with E-state index in [9.17, 15) is 4.79 Å². The summed E-state index contributed by atoms with van der Waals surface area (Å²) >= 11 is 1.42. The highest BCUT2D eigenvalue weighted by Crippen LogP contribution is 2.31. The Morgan fingerprint density at radius 3 is 2.80 bits per heavy atom. The van der Waals surface area contributed by atoms with E-state index in [-0.39, 0.29) is 5.91 Å². The molecule has 0 saturated heterocycles. The van der Waals surface area contributed by atoms with Gasteiger partial charge in [0.2, 0.25) is 0 Å². The van der Waals surface area contributed by atoms with E-state index in [4.69, 9.17) is 9.47 Å².